The maximum atomic E-state index is 12.4. The summed E-state index contributed by atoms with van der Waals surface area (Å²) in [5, 5.41) is 4.66. The summed E-state index contributed by atoms with van der Waals surface area (Å²) in [6, 6.07) is 15.9. The molecule has 142 valence electrons. The number of nitrogens with one attached hydrogen (secondary N) is 1. The van der Waals surface area contributed by atoms with Crippen LogP contribution in [0.25, 0.3) is 10.8 Å². The lowest BCUT2D eigenvalue weighted by atomic mass is 10.1. The van der Waals surface area contributed by atoms with Gasteiger partial charge in [0.2, 0.25) is 0 Å². The Morgan fingerprint density at radius 1 is 0.964 bits per heavy atom. The van der Waals surface area contributed by atoms with Gasteiger partial charge in [-0.25, -0.2) is 14.6 Å². The van der Waals surface area contributed by atoms with Crippen LogP contribution in [-0.4, -0.2) is 36.0 Å². The number of nitrogens with zero attached hydrogens (tertiary/aromatic N) is 1. The molecule has 1 unspecified atom stereocenters. The van der Waals surface area contributed by atoms with E-state index in [-0.39, 0.29) is 11.3 Å². The number of rotatable bonds is 5. The standard InChI is InChI=1S/C21H18N2O5/c1-13(28-20(25)15-10-11-18(22-12-15)21(26)27-2)19(24)23-17-9-5-7-14-6-3-4-8-16(14)17/h3-13H,1-2H3,(H,23,24). The fraction of sp³-hybridized carbons (Fsp3) is 0.143. The number of hydrogen-bond donors (Lipinski definition) is 1. The zero-order chi connectivity index (χ0) is 20.1. The molecule has 1 heterocycles. The van der Waals surface area contributed by atoms with Crippen LogP contribution >= 0.6 is 0 Å². The molecular weight excluding hydrogens is 360 g/mol. The van der Waals surface area contributed by atoms with Crippen LogP contribution in [0.3, 0.4) is 0 Å². The second kappa shape index (κ2) is 8.30. The molecule has 0 aliphatic heterocycles. The molecule has 1 aromatic heterocycles. The smallest absolute Gasteiger partial charge is 0.356 e. The van der Waals surface area contributed by atoms with Crippen molar-refractivity contribution in [2.24, 2.45) is 0 Å². The van der Waals surface area contributed by atoms with Crippen molar-refractivity contribution < 1.29 is 23.9 Å². The third-order valence-electron chi connectivity index (χ3n) is 4.09. The second-order valence-corrected chi connectivity index (χ2v) is 5.99. The summed E-state index contributed by atoms with van der Waals surface area (Å²) in [6.45, 7) is 1.48. The first-order chi connectivity index (χ1) is 13.5. The molecule has 0 fully saturated rings. The van der Waals surface area contributed by atoms with Crippen LogP contribution in [0.1, 0.15) is 27.8 Å². The van der Waals surface area contributed by atoms with Crippen molar-refractivity contribution in [1.82, 2.24) is 4.98 Å². The molecule has 7 heteroatoms. The molecule has 0 bridgehead atoms. The molecular formula is C21H18N2O5. The lowest BCUT2D eigenvalue weighted by Gasteiger charge is -2.14. The molecule has 0 radical (unpaired) electrons. The number of fused-ring (bicyclic) bond motifs is 1. The van der Waals surface area contributed by atoms with Gasteiger partial charge in [-0.05, 0) is 30.5 Å². The van der Waals surface area contributed by atoms with Gasteiger partial charge in [0.15, 0.2) is 6.10 Å². The number of carbonyl (C=O) groups is 3. The number of carbonyl (C=O) groups excluding carboxylic acids is 3. The van der Waals surface area contributed by atoms with E-state index in [2.05, 4.69) is 15.0 Å². The summed E-state index contributed by atoms with van der Waals surface area (Å²) in [6.07, 6.45) is 0.177. The van der Waals surface area contributed by atoms with Crippen molar-refractivity contribution in [1.29, 1.82) is 0 Å². The van der Waals surface area contributed by atoms with Gasteiger partial charge in [-0.3, -0.25) is 4.79 Å². The van der Waals surface area contributed by atoms with Crippen molar-refractivity contribution in [3.05, 3.63) is 72.1 Å². The first-order valence-electron chi connectivity index (χ1n) is 8.53. The minimum atomic E-state index is -1.02. The van der Waals surface area contributed by atoms with Gasteiger partial charge in [0.05, 0.1) is 12.7 Å². The SMILES string of the molecule is COC(=O)c1ccc(C(=O)OC(C)C(=O)Nc2cccc3ccccc23)cn1. The number of esters is 2. The average molecular weight is 378 g/mol. The summed E-state index contributed by atoms with van der Waals surface area (Å²) in [5.41, 5.74) is 0.827. The Morgan fingerprint density at radius 2 is 1.71 bits per heavy atom. The molecule has 0 saturated carbocycles. The number of anilines is 1. The van der Waals surface area contributed by atoms with E-state index >= 15 is 0 Å². The highest BCUT2D eigenvalue weighted by Gasteiger charge is 2.20. The van der Waals surface area contributed by atoms with Gasteiger partial charge in [0.1, 0.15) is 5.69 Å². The summed E-state index contributed by atoms with van der Waals surface area (Å²) in [5.74, 6) is -1.78. The monoisotopic (exact) mass is 378 g/mol. The quantitative estimate of drug-likeness (QED) is 0.685. The maximum Gasteiger partial charge on any atom is 0.356 e. The number of methoxy groups -OCH3 is 1. The van der Waals surface area contributed by atoms with Crippen molar-refractivity contribution in [3.8, 4) is 0 Å². The zero-order valence-electron chi connectivity index (χ0n) is 15.3. The summed E-state index contributed by atoms with van der Waals surface area (Å²) < 4.78 is 9.75. The molecule has 0 aliphatic rings. The van der Waals surface area contributed by atoms with Gasteiger partial charge >= 0.3 is 11.9 Å². The van der Waals surface area contributed by atoms with Crippen LogP contribution in [0.5, 0.6) is 0 Å². The third-order valence-corrected chi connectivity index (χ3v) is 4.09. The summed E-state index contributed by atoms with van der Waals surface area (Å²) >= 11 is 0. The number of amides is 1. The Morgan fingerprint density at radius 3 is 2.43 bits per heavy atom. The number of ether oxygens (including phenoxy) is 2. The van der Waals surface area contributed by atoms with Gasteiger partial charge in [-0.1, -0.05) is 36.4 Å². The molecule has 0 saturated heterocycles. The van der Waals surface area contributed by atoms with Crippen molar-refractivity contribution in [2.75, 3.05) is 12.4 Å². The van der Waals surface area contributed by atoms with Gasteiger partial charge in [0.25, 0.3) is 5.91 Å². The number of benzene rings is 2. The largest absolute Gasteiger partial charge is 0.464 e. The van der Waals surface area contributed by atoms with Crippen LogP contribution in [-0.2, 0) is 14.3 Å². The van der Waals surface area contributed by atoms with E-state index in [1.54, 1.807) is 6.07 Å². The molecule has 1 amide bonds. The predicted octanol–water partition coefficient (Wildman–Crippen LogP) is 3.21. The maximum absolute atomic E-state index is 12.4. The van der Waals surface area contributed by atoms with Gasteiger partial charge in [0, 0.05) is 17.3 Å². The van der Waals surface area contributed by atoms with Crippen LogP contribution in [0.15, 0.2) is 60.8 Å². The minimum Gasteiger partial charge on any atom is -0.464 e. The highest BCUT2D eigenvalue weighted by molar-refractivity contribution is 6.04. The van der Waals surface area contributed by atoms with Gasteiger partial charge in [-0.15, -0.1) is 0 Å². The molecule has 1 N–H and O–H groups in total. The Bertz CT molecular complexity index is 1030. The molecule has 0 aliphatic carbocycles. The molecule has 3 rings (SSSR count). The normalized spacial score (nSPS) is 11.5. The first kappa shape index (κ1) is 19.0. The molecule has 7 nitrogen and oxygen atoms in total. The fourth-order valence-corrected chi connectivity index (χ4v) is 2.59. The van der Waals surface area contributed by atoms with Crippen LogP contribution in [0.2, 0.25) is 0 Å². The highest BCUT2D eigenvalue weighted by atomic mass is 16.5. The molecule has 1 atom stereocenters. The van der Waals surface area contributed by atoms with E-state index in [1.807, 2.05) is 36.4 Å². The van der Waals surface area contributed by atoms with E-state index in [1.165, 1.54) is 32.4 Å². The van der Waals surface area contributed by atoms with E-state index in [4.69, 9.17) is 4.74 Å². The van der Waals surface area contributed by atoms with Crippen LogP contribution in [0.4, 0.5) is 5.69 Å². The second-order valence-electron chi connectivity index (χ2n) is 5.99. The van der Waals surface area contributed by atoms with Crippen LogP contribution < -0.4 is 5.32 Å². The Hall–Kier alpha value is -3.74. The lowest BCUT2D eigenvalue weighted by Crippen LogP contribution is -2.30. The third kappa shape index (κ3) is 4.15. The number of pyridine rings is 1. The molecule has 0 spiro atoms. The van der Waals surface area contributed by atoms with E-state index in [9.17, 15) is 14.4 Å². The van der Waals surface area contributed by atoms with Gasteiger partial charge in [-0.2, -0.15) is 0 Å². The van der Waals surface area contributed by atoms with Gasteiger partial charge < -0.3 is 14.8 Å². The van der Waals surface area contributed by atoms with Crippen molar-refractivity contribution >= 4 is 34.3 Å². The first-order valence-corrected chi connectivity index (χ1v) is 8.53. The Balaban J connectivity index is 1.66. The van der Waals surface area contributed by atoms with E-state index < -0.39 is 23.9 Å². The van der Waals surface area contributed by atoms with E-state index in [0.717, 1.165) is 10.8 Å². The summed E-state index contributed by atoms with van der Waals surface area (Å²) in [4.78, 5) is 39.9. The average Bonchev–Trinajstić information content (AvgIpc) is 2.73. The van der Waals surface area contributed by atoms with Crippen molar-refractivity contribution in [3.63, 3.8) is 0 Å². The molecule has 28 heavy (non-hydrogen) atoms. The number of aromatic nitrogens is 1. The van der Waals surface area contributed by atoms with Crippen molar-refractivity contribution in [2.45, 2.75) is 13.0 Å². The Labute approximate surface area is 161 Å². The van der Waals surface area contributed by atoms with Crippen LogP contribution in [0, 0.1) is 0 Å². The zero-order valence-corrected chi connectivity index (χ0v) is 15.3. The Kier molecular flexibility index (Phi) is 5.64. The lowest BCUT2D eigenvalue weighted by molar-refractivity contribution is -0.123. The predicted molar refractivity (Wildman–Crippen MR) is 103 cm³/mol. The highest BCUT2D eigenvalue weighted by Crippen LogP contribution is 2.23. The fourth-order valence-electron chi connectivity index (χ4n) is 2.59. The molecule has 3 aromatic rings. The minimum absolute atomic E-state index is 0.0702. The number of hydrogen-bond acceptors (Lipinski definition) is 6. The van der Waals surface area contributed by atoms with E-state index in [0.29, 0.717) is 5.69 Å². The topological polar surface area (TPSA) is 94.6 Å². The molecule has 2 aromatic carbocycles. The summed E-state index contributed by atoms with van der Waals surface area (Å²) in [7, 11) is 1.24.